The number of carbonyl (C=O) groups excluding carboxylic acids is 1. The molecular formula is C12H26N2O2S. The van der Waals surface area contributed by atoms with Gasteiger partial charge in [0.1, 0.15) is 0 Å². The van der Waals surface area contributed by atoms with E-state index in [9.17, 15) is 9.00 Å². The van der Waals surface area contributed by atoms with Gasteiger partial charge in [-0.2, -0.15) is 0 Å². The summed E-state index contributed by atoms with van der Waals surface area (Å²) in [6.07, 6.45) is 4.44. The van der Waals surface area contributed by atoms with Crippen LogP contribution >= 0.6 is 0 Å². The average molecular weight is 262 g/mol. The van der Waals surface area contributed by atoms with Gasteiger partial charge in [-0.05, 0) is 26.7 Å². The molecular weight excluding hydrogens is 236 g/mol. The minimum absolute atomic E-state index is 0.00578. The van der Waals surface area contributed by atoms with E-state index in [1.54, 1.807) is 6.26 Å². The standard InChI is InChI=1S/C12H26N2O2S/c1-9(6-5-7-10(2)13)12(15)14-8-11(3)17(4)16/h9-11H,5-8,13H2,1-4H3,(H,14,15). The SMILES string of the molecule is CC(N)CCCC(C)C(=O)NCC(C)S(C)=O. The van der Waals surface area contributed by atoms with E-state index in [4.69, 9.17) is 5.73 Å². The van der Waals surface area contributed by atoms with Crippen LogP contribution in [0.2, 0.25) is 0 Å². The molecule has 0 fully saturated rings. The Morgan fingerprint density at radius 3 is 2.35 bits per heavy atom. The van der Waals surface area contributed by atoms with Crippen LogP contribution in [0.15, 0.2) is 0 Å². The van der Waals surface area contributed by atoms with Crippen LogP contribution in [0.25, 0.3) is 0 Å². The third kappa shape index (κ3) is 8.32. The van der Waals surface area contributed by atoms with Crippen molar-refractivity contribution in [2.45, 2.75) is 51.3 Å². The van der Waals surface area contributed by atoms with Gasteiger partial charge in [-0.1, -0.05) is 13.3 Å². The Morgan fingerprint density at radius 1 is 1.29 bits per heavy atom. The summed E-state index contributed by atoms with van der Waals surface area (Å²) in [5, 5.41) is 2.85. The van der Waals surface area contributed by atoms with Gasteiger partial charge >= 0.3 is 0 Å². The lowest BCUT2D eigenvalue weighted by Gasteiger charge is -2.14. The summed E-state index contributed by atoms with van der Waals surface area (Å²) >= 11 is 0. The van der Waals surface area contributed by atoms with E-state index in [0.29, 0.717) is 6.54 Å². The van der Waals surface area contributed by atoms with E-state index < -0.39 is 10.8 Å². The first-order valence-corrected chi connectivity index (χ1v) is 7.82. The van der Waals surface area contributed by atoms with Crippen molar-refractivity contribution in [1.29, 1.82) is 0 Å². The van der Waals surface area contributed by atoms with Crippen molar-refractivity contribution in [3.05, 3.63) is 0 Å². The smallest absolute Gasteiger partial charge is 0.222 e. The molecule has 4 unspecified atom stereocenters. The fourth-order valence-corrected chi connectivity index (χ4v) is 1.73. The summed E-state index contributed by atoms with van der Waals surface area (Å²) in [4.78, 5) is 11.7. The zero-order valence-corrected chi connectivity index (χ0v) is 12.2. The normalized spacial score (nSPS) is 18.2. The van der Waals surface area contributed by atoms with E-state index in [2.05, 4.69) is 5.32 Å². The molecule has 4 atom stereocenters. The Bertz CT molecular complexity index is 257. The van der Waals surface area contributed by atoms with Crippen LogP contribution in [0.4, 0.5) is 0 Å². The monoisotopic (exact) mass is 262 g/mol. The number of amides is 1. The molecule has 0 spiro atoms. The fraction of sp³-hybridized carbons (Fsp3) is 0.917. The van der Waals surface area contributed by atoms with E-state index in [0.717, 1.165) is 19.3 Å². The Morgan fingerprint density at radius 2 is 1.88 bits per heavy atom. The van der Waals surface area contributed by atoms with Crippen molar-refractivity contribution in [1.82, 2.24) is 5.32 Å². The van der Waals surface area contributed by atoms with Crippen molar-refractivity contribution in [2.75, 3.05) is 12.8 Å². The molecule has 3 N–H and O–H groups in total. The number of nitrogens with two attached hydrogens (primary N) is 1. The second-order valence-electron chi connectivity index (χ2n) is 4.86. The van der Waals surface area contributed by atoms with Gasteiger partial charge in [0.2, 0.25) is 5.91 Å². The molecule has 17 heavy (non-hydrogen) atoms. The van der Waals surface area contributed by atoms with Crippen LogP contribution in [-0.4, -0.2) is 34.2 Å². The molecule has 0 bridgehead atoms. The van der Waals surface area contributed by atoms with Gasteiger partial charge in [0, 0.05) is 40.8 Å². The second kappa shape index (κ2) is 8.64. The third-order valence-corrected chi connectivity index (χ3v) is 4.17. The molecule has 0 aliphatic carbocycles. The average Bonchev–Trinajstić information content (AvgIpc) is 2.24. The lowest BCUT2D eigenvalue weighted by atomic mass is 10.0. The topological polar surface area (TPSA) is 72.2 Å². The van der Waals surface area contributed by atoms with Crippen LogP contribution in [0.3, 0.4) is 0 Å². The molecule has 1 amide bonds. The molecule has 0 rings (SSSR count). The molecule has 0 heterocycles. The van der Waals surface area contributed by atoms with E-state index in [1.165, 1.54) is 0 Å². The lowest BCUT2D eigenvalue weighted by Crippen LogP contribution is -2.35. The van der Waals surface area contributed by atoms with Gasteiger partial charge in [-0.3, -0.25) is 9.00 Å². The first kappa shape index (κ1) is 16.6. The van der Waals surface area contributed by atoms with Crippen LogP contribution in [0.5, 0.6) is 0 Å². The Hall–Kier alpha value is -0.420. The van der Waals surface area contributed by atoms with Crippen molar-refractivity contribution < 1.29 is 9.00 Å². The molecule has 0 saturated carbocycles. The number of carbonyl (C=O) groups is 1. The summed E-state index contributed by atoms with van der Waals surface area (Å²) < 4.78 is 11.1. The largest absolute Gasteiger partial charge is 0.355 e. The summed E-state index contributed by atoms with van der Waals surface area (Å²) in [7, 11) is -0.883. The highest BCUT2D eigenvalue weighted by Gasteiger charge is 2.14. The maximum Gasteiger partial charge on any atom is 0.222 e. The highest BCUT2D eigenvalue weighted by molar-refractivity contribution is 7.84. The van der Waals surface area contributed by atoms with Crippen LogP contribution in [-0.2, 0) is 15.6 Å². The minimum Gasteiger partial charge on any atom is -0.355 e. The predicted molar refractivity (Wildman–Crippen MR) is 73.2 cm³/mol. The number of nitrogens with one attached hydrogen (secondary N) is 1. The predicted octanol–water partition coefficient (Wildman–Crippen LogP) is 1.02. The van der Waals surface area contributed by atoms with Gasteiger partial charge in [0.05, 0.1) is 0 Å². The van der Waals surface area contributed by atoms with E-state index in [1.807, 2.05) is 20.8 Å². The Labute approximate surface area is 107 Å². The molecule has 102 valence electrons. The molecule has 0 radical (unpaired) electrons. The maximum atomic E-state index is 11.7. The number of rotatable bonds is 8. The molecule has 4 nitrogen and oxygen atoms in total. The summed E-state index contributed by atoms with van der Waals surface area (Å²) in [6, 6.07) is 0.202. The quantitative estimate of drug-likeness (QED) is 0.686. The van der Waals surface area contributed by atoms with Crippen LogP contribution in [0, 0.1) is 5.92 Å². The molecule has 0 aromatic heterocycles. The van der Waals surface area contributed by atoms with Crippen molar-refractivity contribution in [2.24, 2.45) is 11.7 Å². The van der Waals surface area contributed by atoms with Gasteiger partial charge in [-0.15, -0.1) is 0 Å². The molecule has 5 heteroatoms. The van der Waals surface area contributed by atoms with Crippen LogP contribution in [0.1, 0.15) is 40.0 Å². The van der Waals surface area contributed by atoms with Gasteiger partial charge in [0.25, 0.3) is 0 Å². The zero-order valence-electron chi connectivity index (χ0n) is 11.4. The Balaban J connectivity index is 3.78. The van der Waals surface area contributed by atoms with E-state index >= 15 is 0 Å². The number of hydrogen-bond donors (Lipinski definition) is 2. The van der Waals surface area contributed by atoms with Gasteiger partial charge < -0.3 is 11.1 Å². The summed E-state index contributed by atoms with van der Waals surface area (Å²) in [5.41, 5.74) is 5.65. The lowest BCUT2D eigenvalue weighted by molar-refractivity contribution is -0.124. The van der Waals surface area contributed by atoms with Crippen molar-refractivity contribution >= 4 is 16.7 Å². The fourth-order valence-electron chi connectivity index (χ4n) is 1.41. The van der Waals surface area contributed by atoms with E-state index in [-0.39, 0.29) is 23.1 Å². The first-order valence-electron chi connectivity index (χ1n) is 6.20. The van der Waals surface area contributed by atoms with Crippen molar-refractivity contribution in [3.8, 4) is 0 Å². The third-order valence-electron chi connectivity index (χ3n) is 2.87. The Kier molecular flexibility index (Phi) is 8.43. The molecule has 0 aliphatic heterocycles. The molecule has 0 saturated heterocycles. The highest BCUT2D eigenvalue weighted by atomic mass is 32.2. The van der Waals surface area contributed by atoms with Crippen molar-refractivity contribution in [3.63, 3.8) is 0 Å². The highest BCUT2D eigenvalue weighted by Crippen LogP contribution is 2.09. The summed E-state index contributed by atoms with van der Waals surface area (Å²) in [5.74, 6) is 0.0539. The van der Waals surface area contributed by atoms with Gasteiger partial charge in [-0.25, -0.2) is 0 Å². The first-order chi connectivity index (χ1) is 7.84. The zero-order chi connectivity index (χ0) is 13.4. The van der Waals surface area contributed by atoms with Gasteiger partial charge in [0.15, 0.2) is 0 Å². The number of hydrogen-bond acceptors (Lipinski definition) is 3. The second-order valence-corrected chi connectivity index (χ2v) is 6.67. The molecule has 0 aromatic rings. The molecule has 0 aromatic carbocycles. The molecule has 0 aliphatic rings. The van der Waals surface area contributed by atoms with Crippen LogP contribution < -0.4 is 11.1 Å². The summed E-state index contributed by atoms with van der Waals surface area (Å²) in [6.45, 7) is 6.25. The maximum absolute atomic E-state index is 11.7. The minimum atomic E-state index is -0.883.